The Balaban J connectivity index is 0. The SMILES string of the molecule is C.C.CC(C)(C)C(=O)ON1C(=O)CCC1=O. The van der Waals surface area contributed by atoms with Gasteiger partial charge in [-0.05, 0) is 20.8 Å². The van der Waals surface area contributed by atoms with Gasteiger partial charge in [-0.3, -0.25) is 9.59 Å². The number of rotatable bonds is 1. The van der Waals surface area contributed by atoms with Crippen LogP contribution in [0.4, 0.5) is 0 Å². The summed E-state index contributed by atoms with van der Waals surface area (Å²) in [5.41, 5.74) is -0.719. The van der Waals surface area contributed by atoms with Crippen molar-refractivity contribution in [2.24, 2.45) is 5.41 Å². The second-order valence-electron chi connectivity index (χ2n) is 4.21. The van der Waals surface area contributed by atoms with Gasteiger partial charge in [0, 0.05) is 12.8 Å². The van der Waals surface area contributed by atoms with Gasteiger partial charge in [0.05, 0.1) is 5.41 Å². The first-order valence-electron chi connectivity index (χ1n) is 4.40. The van der Waals surface area contributed by atoms with Crippen molar-refractivity contribution in [2.45, 2.75) is 48.5 Å². The predicted octanol–water partition coefficient (Wildman–Crippen LogP) is 1.91. The number of hydroxylamine groups is 2. The van der Waals surface area contributed by atoms with Gasteiger partial charge >= 0.3 is 5.97 Å². The molecule has 0 radical (unpaired) electrons. The number of imide groups is 1. The van der Waals surface area contributed by atoms with E-state index in [4.69, 9.17) is 4.84 Å². The lowest BCUT2D eigenvalue weighted by atomic mass is 9.98. The van der Waals surface area contributed by atoms with Crippen LogP contribution in [0.1, 0.15) is 48.5 Å². The van der Waals surface area contributed by atoms with Crippen LogP contribution in [-0.4, -0.2) is 22.8 Å². The number of nitrogens with zero attached hydrogens (tertiary/aromatic N) is 1. The number of carbonyl (C=O) groups is 3. The van der Waals surface area contributed by atoms with Crippen LogP contribution < -0.4 is 0 Å². The molecule has 1 aliphatic heterocycles. The highest BCUT2D eigenvalue weighted by molar-refractivity contribution is 6.01. The molecule has 1 heterocycles. The summed E-state index contributed by atoms with van der Waals surface area (Å²) >= 11 is 0. The van der Waals surface area contributed by atoms with Gasteiger partial charge in [0.15, 0.2) is 0 Å². The average molecular weight is 231 g/mol. The average Bonchev–Trinajstić information content (AvgIpc) is 2.34. The van der Waals surface area contributed by atoms with Crippen LogP contribution in [0.2, 0.25) is 0 Å². The van der Waals surface area contributed by atoms with Crippen molar-refractivity contribution in [1.82, 2.24) is 5.06 Å². The van der Waals surface area contributed by atoms with E-state index in [2.05, 4.69) is 0 Å². The second-order valence-corrected chi connectivity index (χ2v) is 4.21. The Morgan fingerprint density at radius 2 is 1.50 bits per heavy atom. The number of hydrogen-bond donors (Lipinski definition) is 0. The minimum absolute atomic E-state index is 0. The zero-order valence-corrected chi connectivity index (χ0v) is 8.49. The first kappa shape index (κ1) is 17.0. The Morgan fingerprint density at radius 3 is 1.81 bits per heavy atom. The molecule has 16 heavy (non-hydrogen) atoms. The molecule has 5 heteroatoms. The van der Waals surface area contributed by atoms with Crippen LogP contribution in [0.5, 0.6) is 0 Å². The fourth-order valence-corrected chi connectivity index (χ4v) is 0.878. The molecule has 0 bridgehead atoms. The van der Waals surface area contributed by atoms with Gasteiger partial charge in [-0.2, -0.15) is 0 Å². The largest absolute Gasteiger partial charge is 0.338 e. The molecule has 0 spiro atoms. The summed E-state index contributed by atoms with van der Waals surface area (Å²) < 4.78 is 0. The van der Waals surface area contributed by atoms with Crippen molar-refractivity contribution in [3.63, 3.8) is 0 Å². The van der Waals surface area contributed by atoms with Gasteiger partial charge in [0.2, 0.25) is 0 Å². The maximum absolute atomic E-state index is 11.3. The standard InChI is InChI=1S/C9H13NO4.2CH4/c1-9(2,3)8(13)14-10-6(11)4-5-7(10)12;;/h4-5H2,1-3H3;2*1H4. The lowest BCUT2D eigenvalue weighted by Gasteiger charge is -2.19. The molecule has 94 valence electrons. The Labute approximate surface area is 96.7 Å². The topological polar surface area (TPSA) is 63.7 Å². The Kier molecular flexibility index (Phi) is 5.99. The summed E-state index contributed by atoms with van der Waals surface area (Å²) in [7, 11) is 0. The van der Waals surface area contributed by atoms with Crippen LogP contribution in [0, 0.1) is 5.41 Å². The molecule has 2 amide bonds. The highest BCUT2D eigenvalue weighted by Gasteiger charge is 2.35. The first-order valence-corrected chi connectivity index (χ1v) is 4.40. The molecular weight excluding hydrogens is 210 g/mol. The van der Waals surface area contributed by atoms with Gasteiger partial charge < -0.3 is 4.84 Å². The van der Waals surface area contributed by atoms with Crippen molar-refractivity contribution >= 4 is 17.8 Å². The van der Waals surface area contributed by atoms with Gasteiger partial charge in [-0.1, -0.05) is 14.9 Å². The van der Waals surface area contributed by atoms with E-state index in [-0.39, 0.29) is 27.7 Å². The number of carbonyl (C=O) groups excluding carboxylic acids is 3. The lowest BCUT2D eigenvalue weighted by molar-refractivity contribution is -0.203. The third-order valence-corrected chi connectivity index (χ3v) is 1.79. The quantitative estimate of drug-likeness (QED) is 0.647. The van der Waals surface area contributed by atoms with Gasteiger partial charge in [-0.25, -0.2) is 4.79 Å². The summed E-state index contributed by atoms with van der Waals surface area (Å²) in [6.07, 6.45) is 0.243. The normalized spacial score (nSPS) is 15.3. The van der Waals surface area contributed by atoms with Crippen molar-refractivity contribution in [2.75, 3.05) is 0 Å². The van der Waals surface area contributed by atoms with E-state index in [1.165, 1.54) is 0 Å². The molecule has 5 nitrogen and oxygen atoms in total. The van der Waals surface area contributed by atoms with Gasteiger partial charge in [0.25, 0.3) is 11.8 Å². The molecule has 0 aromatic carbocycles. The van der Waals surface area contributed by atoms with Crippen molar-refractivity contribution < 1.29 is 19.2 Å². The fraction of sp³-hybridized carbons (Fsp3) is 0.727. The van der Waals surface area contributed by atoms with E-state index in [1.54, 1.807) is 20.8 Å². The molecule has 1 saturated heterocycles. The number of amides is 2. The molecule has 0 aromatic heterocycles. The zero-order chi connectivity index (χ0) is 10.9. The summed E-state index contributed by atoms with van der Waals surface area (Å²) in [5, 5.41) is 0.563. The summed E-state index contributed by atoms with van der Waals surface area (Å²) in [4.78, 5) is 38.2. The molecule has 1 rings (SSSR count). The van der Waals surface area contributed by atoms with Crippen LogP contribution >= 0.6 is 0 Å². The van der Waals surface area contributed by atoms with E-state index >= 15 is 0 Å². The molecule has 1 fully saturated rings. The summed E-state index contributed by atoms with van der Waals surface area (Å²) in [6.45, 7) is 4.96. The van der Waals surface area contributed by atoms with E-state index in [9.17, 15) is 14.4 Å². The van der Waals surface area contributed by atoms with Crippen LogP contribution in [0.25, 0.3) is 0 Å². The molecule has 0 saturated carbocycles. The van der Waals surface area contributed by atoms with Crippen molar-refractivity contribution in [3.05, 3.63) is 0 Å². The fourth-order valence-electron chi connectivity index (χ4n) is 0.878. The molecule has 0 aromatic rings. The van der Waals surface area contributed by atoms with Gasteiger partial charge in [-0.15, -0.1) is 5.06 Å². The Morgan fingerprint density at radius 1 is 1.12 bits per heavy atom. The molecule has 0 unspecified atom stereocenters. The van der Waals surface area contributed by atoms with E-state index in [1.807, 2.05) is 0 Å². The van der Waals surface area contributed by atoms with Gasteiger partial charge in [0.1, 0.15) is 0 Å². The van der Waals surface area contributed by atoms with E-state index < -0.39 is 23.2 Å². The summed E-state index contributed by atoms with van der Waals surface area (Å²) in [5.74, 6) is -1.48. The summed E-state index contributed by atoms with van der Waals surface area (Å²) in [6, 6.07) is 0. The predicted molar refractivity (Wildman–Crippen MR) is 60.1 cm³/mol. The highest BCUT2D eigenvalue weighted by Crippen LogP contribution is 2.19. The number of hydrogen-bond acceptors (Lipinski definition) is 4. The minimum atomic E-state index is -0.719. The third-order valence-electron chi connectivity index (χ3n) is 1.79. The molecule has 0 N–H and O–H groups in total. The zero-order valence-electron chi connectivity index (χ0n) is 8.49. The van der Waals surface area contributed by atoms with Crippen LogP contribution in [0.3, 0.4) is 0 Å². The first-order chi connectivity index (χ1) is 6.32. The Hall–Kier alpha value is -1.39. The molecule has 1 aliphatic rings. The smallest absolute Gasteiger partial charge is 0.330 e. The maximum atomic E-state index is 11.3. The van der Waals surface area contributed by atoms with Crippen molar-refractivity contribution in [3.8, 4) is 0 Å². The van der Waals surface area contributed by atoms with Crippen LogP contribution in [-0.2, 0) is 19.2 Å². The molecule has 0 aliphatic carbocycles. The monoisotopic (exact) mass is 231 g/mol. The molecular formula is C11H21NO4. The Bertz CT molecular complexity index is 275. The highest BCUT2D eigenvalue weighted by atomic mass is 16.7. The molecule has 0 atom stereocenters. The van der Waals surface area contributed by atoms with E-state index in [0.717, 1.165) is 0 Å². The maximum Gasteiger partial charge on any atom is 0.338 e. The second kappa shape index (κ2) is 5.63. The minimum Gasteiger partial charge on any atom is -0.330 e. The van der Waals surface area contributed by atoms with E-state index in [0.29, 0.717) is 5.06 Å². The van der Waals surface area contributed by atoms with Crippen LogP contribution in [0.15, 0.2) is 0 Å². The third kappa shape index (κ3) is 3.64. The lowest BCUT2D eigenvalue weighted by Crippen LogP contribution is -2.36. The van der Waals surface area contributed by atoms with Crippen molar-refractivity contribution in [1.29, 1.82) is 0 Å².